The molecule has 0 unspecified atom stereocenters. The van der Waals surface area contributed by atoms with Crippen molar-refractivity contribution >= 4 is 17.5 Å². The highest BCUT2D eigenvalue weighted by molar-refractivity contribution is 5.87. The molecule has 0 saturated carbocycles. The van der Waals surface area contributed by atoms with Gasteiger partial charge in [-0.25, -0.2) is 4.79 Å². The van der Waals surface area contributed by atoms with Gasteiger partial charge in [-0.05, 0) is 12.1 Å². The normalized spacial score (nSPS) is 13.5. The fourth-order valence-electron chi connectivity index (χ4n) is 2.53. The lowest BCUT2D eigenvalue weighted by Gasteiger charge is -2.29. The summed E-state index contributed by atoms with van der Waals surface area (Å²) in [5, 5.41) is 9.61. The minimum Gasteiger partial charge on any atom is -0.497 e. The molecule has 2 heterocycles. The summed E-state index contributed by atoms with van der Waals surface area (Å²) in [7, 11) is 3.25. The summed E-state index contributed by atoms with van der Waals surface area (Å²) in [5.74, 6) is 1.42. The average molecular weight is 301 g/mol. The quantitative estimate of drug-likeness (QED) is 0.904. The van der Waals surface area contributed by atoms with Gasteiger partial charge in [-0.15, -0.1) is 0 Å². The van der Waals surface area contributed by atoms with Crippen LogP contribution >= 0.6 is 0 Å². The first-order chi connectivity index (χ1) is 10.7. The molecule has 0 aliphatic carbocycles. The number of carbonyl (C=O) groups is 1. The molecule has 116 valence electrons. The number of benzene rings is 1. The number of ether oxygens (including phenoxy) is 1. The third kappa shape index (κ3) is 2.83. The van der Waals surface area contributed by atoms with Gasteiger partial charge >= 0.3 is 6.03 Å². The molecule has 0 fully saturated rings. The van der Waals surface area contributed by atoms with Crippen molar-refractivity contribution in [3.8, 4) is 5.75 Å². The van der Waals surface area contributed by atoms with E-state index in [0.717, 1.165) is 36.8 Å². The van der Waals surface area contributed by atoms with Crippen molar-refractivity contribution in [1.82, 2.24) is 15.1 Å². The van der Waals surface area contributed by atoms with E-state index in [2.05, 4.69) is 26.7 Å². The molecule has 7 heteroatoms. The van der Waals surface area contributed by atoms with Crippen molar-refractivity contribution in [2.45, 2.75) is 13.1 Å². The summed E-state index contributed by atoms with van der Waals surface area (Å²) in [4.78, 5) is 13.6. The molecule has 1 aliphatic rings. The van der Waals surface area contributed by atoms with Crippen LogP contribution < -0.4 is 20.3 Å². The summed E-state index contributed by atoms with van der Waals surface area (Å²) >= 11 is 0. The maximum atomic E-state index is 11.4. The van der Waals surface area contributed by atoms with E-state index in [1.54, 1.807) is 14.2 Å². The fourth-order valence-corrected chi connectivity index (χ4v) is 2.53. The van der Waals surface area contributed by atoms with Gasteiger partial charge in [0.2, 0.25) is 0 Å². The maximum absolute atomic E-state index is 11.4. The molecule has 0 atom stereocenters. The monoisotopic (exact) mass is 301 g/mol. The van der Waals surface area contributed by atoms with Gasteiger partial charge in [0.15, 0.2) is 5.82 Å². The van der Waals surface area contributed by atoms with Crippen LogP contribution in [0.1, 0.15) is 5.69 Å². The Kier molecular flexibility index (Phi) is 3.86. The second-order valence-electron chi connectivity index (χ2n) is 5.07. The molecular formula is C15H19N5O2. The molecule has 1 aromatic carbocycles. The summed E-state index contributed by atoms with van der Waals surface area (Å²) in [5.41, 5.74) is 2.19. The number of rotatable bonds is 3. The molecule has 1 aromatic heterocycles. The number of anilines is 2. The van der Waals surface area contributed by atoms with E-state index in [4.69, 9.17) is 4.74 Å². The van der Waals surface area contributed by atoms with Crippen molar-refractivity contribution in [2.24, 2.45) is 0 Å². The van der Waals surface area contributed by atoms with Gasteiger partial charge in [-0.3, -0.25) is 10.00 Å². The second-order valence-corrected chi connectivity index (χ2v) is 5.07. The molecule has 22 heavy (non-hydrogen) atoms. The average Bonchev–Trinajstić information content (AvgIpc) is 2.95. The molecule has 2 aromatic rings. The lowest BCUT2D eigenvalue weighted by atomic mass is 10.2. The van der Waals surface area contributed by atoms with Gasteiger partial charge in [0, 0.05) is 31.4 Å². The standard InChI is InChI=1S/C15H19N5O2/c1-16-15(21)17-14-9-12-10-19(6-7-20(12)18-14)11-4-3-5-13(8-11)22-2/h3-5,8-9H,6-7,10H2,1-2H3,(H2,16,17,18,21). The van der Waals surface area contributed by atoms with Crippen LogP contribution in [0, 0.1) is 0 Å². The van der Waals surface area contributed by atoms with Gasteiger partial charge in [-0.2, -0.15) is 5.10 Å². The maximum Gasteiger partial charge on any atom is 0.320 e. The highest BCUT2D eigenvalue weighted by Crippen LogP contribution is 2.25. The zero-order valence-corrected chi connectivity index (χ0v) is 12.7. The third-order valence-electron chi connectivity index (χ3n) is 3.69. The van der Waals surface area contributed by atoms with Crippen molar-refractivity contribution in [2.75, 3.05) is 30.9 Å². The molecule has 0 spiro atoms. The predicted octanol–water partition coefficient (Wildman–Crippen LogP) is 1.66. The third-order valence-corrected chi connectivity index (χ3v) is 3.69. The van der Waals surface area contributed by atoms with Crippen molar-refractivity contribution in [1.29, 1.82) is 0 Å². The summed E-state index contributed by atoms with van der Waals surface area (Å²) in [6.45, 7) is 2.39. The Labute approximate surface area is 128 Å². The topological polar surface area (TPSA) is 71.4 Å². The molecule has 2 amide bonds. The molecule has 3 rings (SSSR count). The molecule has 0 bridgehead atoms. The Balaban J connectivity index is 1.77. The molecular weight excluding hydrogens is 282 g/mol. The van der Waals surface area contributed by atoms with Gasteiger partial charge < -0.3 is 15.0 Å². The van der Waals surface area contributed by atoms with Crippen LogP contribution in [0.5, 0.6) is 5.75 Å². The zero-order valence-electron chi connectivity index (χ0n) is 12.7. The van der Waals surface area contributed by atoms with E-state index >= 15 is 0 Å². The van der Waals surface area contributed by atoms with Crippen LogP contribution in [0.15, 0.2) is 30.3 Å². The van der Waals surface area contributed by atoms with Crippen LogP contribution in [-0.2, 0) is 13.1 Å². The first-order valence-electron chi connectivity index (χ1n) is 7.14. The van der Waals surface area contributed by atoms with Gasteiger partial charge in [-0.1, -0.05) is 6.07 Å². The van der Waals surface area contributed by atoms with Crippen LogP contribution in [0.2, 0.25) is 0 Å². The number of carbonyl (C=O) groups excluding carboxylic acids is 1. The minimum atomic E-state index is -0.264. The number of amides is 2. The SMILES string of the molecule is CNC(=O)Nc1cc2n(n1)CCN(c1cccc(OC)c1)C2. The van der Waals surface area contributed by atoms with Crippen molar-refractivity contribution in [3.63, 3.8) is 0 Å². The Hall–Kier alpha value is -2.70. The van der Waals surface area contributed by atoms with Crippen molar-refractivity contribution < 1.29 is 9.53 Å². The van der Waals surface area contributed by atoms with E-state index in [1.165, 1.54) is 0 Å². The summed E-state index contributed by atoms with van der Waals surface area (Å²) in [6, 6.07) is 9.65. The number of hydrogen-bond donors (Lipinski definition) is 2. The number of nitrogens with zero attached hydrogens (tertiary/aromatic N) is 3. The highest BCUT2D eigenvalue weighted by atomic mass is 16.5. The lowest BCUT2D eigenvalue weighted by Crippen LogP contribution is -2.33. The van der Waals surface area contributed by atoms with Crippen LogP contribution in [0.4, 0.5) is 16.3 Å². The Morgan fingerprint density at radius 3 is 2.95 bits per heavy atom. The molecule has 2 N–H and O–H groups in total. The Bertz CT molecular complexity index is 682. The predicted molar refractivity (Wildman–Crippen MR) is 84.3 cm³/mol. The molecule has 1 aliphatic heterocycles. The van der Waals surface area contributed by atoms with Crippen LogP contribution in [0.3, 0.4) is 0 Å². The lowest BCUT2D eigenvalue weighted by molar-refractivity contribution is 0.254. The van der Waals surface area contributed by atoms with Gasteiger partial charge in [0.05, 0.1) is 25.9 Å². The summed E-state index contributed by atoms with van der Waals surface area (Å²) < 4.78 is 7.21. The van der Waals surface area contributed by atoms with Gasteiger partial charge in [0.25, 0.3) is 0 Å². The number of hydrogen-bond acceptors (Lipinski definition) is 4. The molecule has 7 nitrogen and oxygen atoms in total. The first kappa shape index (κ1) is 14.2. The number of methoxy groups -OCH3 is 1. The Morgan fingerprint density at radius 1 is 1.32 bits per heavy atom. The largest absolute Gasteiger partial charge is 0.497 e. The number of urea groups is 1. The number of nitrogens with one attached hydrogen (secondary N) is 2. The van der Waals surface area contributed by atoms with Crippen LogP contribution in [0.25, 0.3) is 0 Å². The minimum absolute atomic E-state index is 0.264. The van der Waals surface area contributed by atoms with E-state index in [-0.39, 0.29) is 6.03 Å². The van der Waals surface area contributed by atoms with E-state index < -0.39 is 0 Å². The fraction of sp³-hybridized carbons (Fsp3) is 0.333. The second kappa shape index (κ2) is 5.97. The summed E-state index contributed by atoms with van der Waals surface area (Å²) in [6.07, 6.45) is 0. The zero-order chi connectivity index (χ0) is 15.5. The van der Waals surface area contributed by atoms with E-state index in [9.17, 15) is 4.79 Å². The first-order valence-corrected chi connectivity index (χ1v) is 7.14. The van der Waals surface area contributed by atoms with Crippen LogP contribution in [-0.4, -0.2) is 36.5 Å². The Morgan fingerprint density at radius 2 is 2.18 bits per heavy atom. The van der Waals surface area contributed by atoms with Crippen molar-refractivity contribution in [3.05, 3.63) is 36.0 Å². The molecule has 0 saturated heterocycles. The number of aromatic nitrogens is 2. The molecule has 0 radical (unpaired) electrons. The van der Waals surface area contributed by atoms with E-state index in [1.807, 2.05) is 28.9 Å². The number of fused-ring (bicyclic) bond motifs is 1. The highest BCUT2D eigenvalue weighted by Gasteiger charge is 2.19. The van der Waals surface area contributed by atoms with E-state index in [0.29, 0.717) is 5.82 Å². The smallest absolute Gasteiger partial charge is 0.320 e. The van der Waals surface area contributed by atoms with Gasteiger partial charge in [0.1, 0.15) is 5.75 Å².